The number of ether oxygens (including phenoxy) is 1. The molecular formula is C22H23N2O3+. The number of fused-ring (bicyclic) bond motifs is 2. The quantitative estimate of drug-likeness (QED) is 0.611. The van der Waals surface area contributed by atoms with Gasteiger partial charge in [-0.3, -0.25) is 4.79 Å². The fourth-order valence-electron chi connectivity index (χ4n) is 3.57. The fourth-order valence-corrected chi connectivity index (χ4v) is 3.57. The van der Waals surface area contributed by atoms with Gasteiger partial charge in [0.15, 0.2) is 11.5 Å². The molecule has 138 valence electrons. The third-order valence-corrected chi connectivity index (χ3v) is 5.25. The maximum Gasteiger partial charge on any atom is 0.231 e. The third-order valence-electron chi connectivity index (χ3n) is 5.25. The summed E-state index contributed by atoms with van der Waals surface area (Å²) in [6.45, 7) is 6.70. The van der Waals surface area contributed by atoms with Crippen molar-refractivity contribution in [1.82, 2.24) is 4.98 Å². The minimum Gasteiger partial charge on any atom is -0.507 e. The van der Waals surface area contributed by atoms with Crippen LogP contribution in [0, 0.1) is 0 Å². The fraction of sp³-hybridized carbons (Fsp3) is 0.227. The first-order chi connectivity index (χ1) is 13.1. The van der Waals surface area contributed by atoms with Crippen molar-refractivity contribution in [2.24, 2.45) is 0 Å². The summed E-state index contributed by atoms with van der Waals surface area (Å²) in [5.74, 6) is 0.807. The number of aromatic hydroxyl groups is 1. The second kappa shape index (κ2) is 6.93. The average molecular weight is 363 g/mol. The molecule has 5 nitrogen and oxygen atoms in total. The molecule has 0 saturated heterocycles. The number of phenols is 1. The van der Waals surface area contributed by atoms with Crippen LogP contribution in [0.3, 0.4) is 0 Å². The lowest BCUT2D eigenvalue weighted by Crippen LogP contribution is -3.10. The zero-order valence-corrected chi connectivity index (χ0v) is 15.5. The highest BCUT2D eigenvalue weighted by Gasteiger charge is 2.32. The number of aromatic amines is 1. The highest BCUT2D eigenvalue weighted by Crippen LogP contribution is 2.39. The molecule has 0 aliphatic carbocycles. The van der Waals surface area contributed by atoms with Crippen molar-refractivity contribution in [2.75, 3.05) is 13.1 Å². The lowest BCUT2D eigenvalue weighted by atomic mass is 10.0. The van der Waals surface area contributed by atoms with Crippen LogP contribution >= 0.6 is 0 Å². The maximum absolute atomic E-state index is 12.9. The van der Waals surface area contributed by atoms with Crippen LogP contribution in [-0.4, -0.2) is 29.0 Å². The predicted molar refractivity (Wildman–Crippen MR) is 105 cm³/mol. The van der Waals surface area contributed by atoms with Crippen molar-refractivity contribution in [3.63, 3.8) is 0 Å². The highest BCUT2D eigenvalue weighted by molar-refractivity contribution is 6.15. The van der Waals surface area contributed by atoms with E-state index in [0.717, 1.165) is 29.6 Å². The van der Waals surface area contributed by atoms with Crippen molar-refractivity contribution in [1.29, 1.82) is 0 Å². The van der Waals surface area contributed by atoms with Crippen LogP contribution in [0.2, 0.25) is 0 Å². The van der Waals surface area contributed by atoms with Crippen LogP contribution in [-0.2, 0) is 6.54 Å². The minimum absolute atomic E-state index is 0.147. The number of benzene rings is 2. The Morgan fingerprint density at radius 2 is 1.93 bits per heavy atom. The van der Waals surface area contributed by atoms with Gasteiger partial charge in [-0.25, -0.2) is 0 Å². The van der Waals surface area contributed by atoms with E-state index in [9.17, 15) is 9.90 Å². The first-order valence-corrected chi connectivity index (χ1v) is 9.31. The van der Waals surface area contributed by atoms with Gasteiger partial charge < -0.3 is 19.7 Å². The van der Waals surface area contributed by atoms with Crippen molar-refractivity contribution in [3.05, 3.63) is 65.0 Å². The van der Waals surface area contributed by atoms with Crippen LogP contribution < -0.4 is 9.64 Å². The molecule has 1 aliphatic heterocycles. The molecule has 0 saturated carbocycles. The largest absolute Gasteiger partial charge is 0.507 e. The van der Waals surface area contributed by atoms with Gasteiger partial charge in [0.1, 0.15) is 12.3 Å². The van der Waals surface area contributed by atoms with Crippen LogP contribution in [0.5, 0.6) is 11.5 Å². The molecule has 0 bridgehead atoms. The Morgan fingerprint density at radius 3 is 2.70 bits per heavy atom. The topological polar surface area (TPSA) is 66.8 Å². The Hall–Kier alpha value is -3.05. The number of carbonyl (C=O) groups excluding carboxylic acids is 1. The molecule has 0 amide bonds. The second-order valence-electron chi connectivity index (χ2n) is 6.80. The zero-order chi connectivity index (χ0) is 19.0. The van der Waals surface area contributed by atoms with Crippen molar-refractivity contribution < 1.29 is 19.5 Å². The Kier molecular flexibility index (Phi) is 4.46. The molecule has 0 fully saturated rings. The normalized spacial score (nSPS) is 14.9. The van der Waals surface area contributed by atoms with Gasteiger partial charge in [0.25, 0.3) is 0 Å². The molecule has 1 aliphatic rings. The number of aromatic nitrogens is 1. The number of nitrogens with one attached hydrogen (secondary N) is 2. The van der Waals surface area contributed by atoms with Crippen LogP contribution in [0.4, 0.5) is 0 Å². The number of quaternary nitrogens is 1. The van der Waals surface area contributed by atoms with E-state index >= 15 is 0 Å². The van der Waals surface area contributed by atoms with Crippen LogP contribution in [0.1, 0.15) is 35.3 Å². The third kappa shape index (κ3) is 3.00. The molecule has 27 heavy (non-hydrogen) atoms. The van der Waals surface area contributed by atoms with Crippen LogP contribution in [0.25, 0.3) is 17.0 Å². The van der Waals surface area contributed by atoms with E-state index in [1.807, 2.05) is 30.5 Å². The van der Waals surface area contributed by atoms with E-state index in [4.69, 9.17) is 4.74 Å². The number of allylic oxidation sites excluding steroid dienone is 1. The van der Waals surface area contributed by atoms with Gasteiger partial charge in [0.2, 0.25) is 5.78 Å². The molecule has 2 aromatic carbocycles. The molecule has 0 atom stereocenters. The molecular weight excluding hydrogens is 340 g/mol. The number of hydrogen-bond acceptors (Lipinski definition) is 3. The Labute approximate surface area is 157 Å². The van der Waals surface area contributed by atoms with Crippen molar-refractivity contribution in [3.8, 4) is 11.5 Å². The Morgan fingerprint density at radius 1 is 1.15 bits per heavy atom. The number of H-pyrrole nitrogens is 1. The number of para-hydroxylation sites is 1. The van der Waals surface area contributed by atoms with Crippen LogP contribution in [0.15, 0.2) is 48.4 Å². The number of rotatable bonds is 5. The monoisotopic (exact) mass is 363 g/mol. The molecule has 2 heterocycles. The lowest BCUT2D eigenvalue weighted by Gasteiger charge is -2.17. The summed E-state index contributed by atoms with van der Waals surface area (Å²) >= 11 is 0. The van der Waals surface area contributed by atoms with E-state index in [-0.39, 0.29) is 17.3 Å². The maximum atomic E-state index is 12.9. The summed E-state index contributed by atoms with van der Waals surface area (Å²) < 4.78 is 5.97. The highest BCUT2D eigenvalue weighted by atomic mass is 16.5. The first-order valence-electron chi connectivity index (χ1n) is 9.31. The minimum atomic E-state index is -0.147. The SMILES string of the molecule is CC[NH+](CC)Cc1c(O)ccc2c1O/C(=C/c1c[nH]c3ccccc13)C2=O. The molecule has 0 radical (unpaired) electrons. The van der Waals surface area contributed by atoms with E-state index < -0.39 is 0 Å². The number of phenolic OH excluding ortho intramolecular Hbond substituents is 1. The van der Waals surface area contributed by atoms with E-state index in [2.05, 4.69) is 18.8 Å². The lowest BCUT2D eigenvalue weighted by molar-refractivity contribution is -0.910. The smallest absolute Gasteiger partial charge is 0.231 e. The number of hydrogen-bond donors (Lipinski definition) is 3. The predicted octanol–water partition coefficient (Wildman–Crippen LogP) is 2.91. The van der Waals surface area contributed by atoms with E-state index in [1.165, 1.54) is 4.90 Å². The summed E-state index contributed by atoms with van der Waals surface area (Å²) in [6.07, 6.45) is 3.64. The molecule has 3 aromatic rings. The molecule has 4 rings (SSSR count). The summed E-state index contributed by atoms with van der Waals surface area (Å²) in [4.78, 5) is 17.4. The second-order valence-corrected chi connectivity index (χ2v) is 6.80. The van der Waals surface area contributed by atoms with Gasteiger partial charge in [0, 0.05) is 22.7 Å². The average Bonchev–Trinajstić information content (AvgIpc) is 3.23. The summed E-state index contributed by atoms with van der Waals surface area (Å²) in [5.41, 5.74) is 3.12. The molecule has 3 N–H and O–H groups in total. The van der Waals surface area contributed by atoms with E-state index in [0.29, 0.717) is 23.4 Å². The summed E-state index contributed by atoms with van der Waals surface area (Å²) in [6, 6.07) is 11.2. The van der Waals surface area contributed by atoms with Crippen molar-refractivity contribution in [2.45, 2.75) is 20.4 Å². The van der Waals surface area contributed by atoms with Gasteiger partial charge in [0.05, 0.1) is 24.2 Å². The molecule has 0 unspecified atom stereocenters. The van der Waals surface area contributed by atoms with Gasteiger partial charge >= 0.3 is 0 Å². The zero-order valence-electron chi connectivity index (χ0n) is 15.5. The number of ketones is 1. The Balaban J connectivity index is 1.73. The number of Topliss-reactive ketones (excluding diaryl/α,β-unsaturated/α-hetero) is 1. The summed E-state index contributed by atoms with van der Waals surface area (Å²) in [7, 11) is 0. The van der Waals surface area contributed by atoms with Gasteiger partial charge in [-0.1, -0.05) is 18.2 Å². The molecule has 1 aromatic heterocycles. The summed E-state index contributed by atoms with van der Waals surface area (Å²) in [5, 5.41) is 11.4. The van der Waals surface area contributed by atoms with Gasteiger partial charge in [-0.05, 0) is 38.1 Å². The molecule has 0 spiro atoms. The van der Waals surface area contributed by atoms with Gasteiger partial charge in [-0.15, -0.1) is 0 Å². The van der Waals surface area contributed by atoms with E-state index in [1.54, 1.807) is 18.2 Å². The number of carbonyl (C=O) groups is 1. The first kappa shape index (κ1) is 17.4. The van der Waals surface area contributed by atoms with Crippen molar-refractivity contribution >= 4 is 22.8 Å². The van der Waals surface area contributed by atoms with Gasteiger partial charge in [-0.2, -0.15) is 0 Å². The Bertz CT molecular complexity index is 1040. The molecule has 5 heteroatoms. The standard InChI is InChI=1S/C22H22N2O3/c1-3-24(4-2)13-17-19(25)10-9-16-21(26)20(27-22(16)17)11-14-12-23-18-8-6-5-7-15(14)18/h5-12,23,25H,3-4,13H2,1-2H3/p+1/b20-11+.